The van der Waals surface area contributed by atoms with Gasteiger partial charge in [-0.3, -0.25) is 4.79 Å². The van der Waals surface area contributed by atoms with Crippen molar-refractivity contribution in [3.63, 3.8) is 0 Å². The molecule has 1 fully saturated rings. The molecule has 1 aliphatic heterocycles. The Hall–Kier alpha value is -2.64. The Morgan fingerprint density at radius 1 is 1.13 bits per heavy atom. The SMILES string of the molecule is O=C(CSc1nccn1Cc1ccccc1)N1CCC[C@@H](c2nc3ccccc3s2)C1. The second-order valence-electron chi connectivity index (χ2n) is 7.81. The summed E-state index contributed by atoms with van der Waals surface area (Å²) >= 11 is 3.29. The van der Waals surface area contributed by atoms with Crippen LogP contribution < -0.4 is 0 Å². The van der Waals surface area contributed by atoms with Crippen molar-refractivity contribution >= 4 is 39.2 Å². The van der Waals surface area contributed by atoms with Gasteiger partial charge in [0.05, 0.1) is 21.0 Å². The molecule has 2 aromatic carbocycles. The van der Waals surface area contributed by atoms with Crippen molar-refractivity contribution in [2.75, 3.05) is 18.8 Å². The largest absolute Gasteiger partial charge is 0.341 e. The Labute approximate surface area is 190 Å². The van der Waals surface area contributed by atoms with E-state index in [1.807, 2.05) is 35.4 Å². The van der Waals surface area contributed by atoms with Crippen LogP contribution in [0.25, 0.3) is 10.2 Å². The van der Waals surface area contributed by atoms with Crippen molar-refractivity contribution in [1.29, 1.82) is 0 Å². The second-order valence-corrected chi connectivity index (χ2v) is 9.82. The minimum Gasteiger partial charge on any atom is -0.341 e. The van der Waals surface area contributed by atoms with E-state index in [4.69, 9.17) is 4.98 Å². The predicted molar refractivity (Wildman–Crippen MR) is 127 cm³/mol. The number of para-hydroxylation sites is 1. The van der Waals surface area contributed by atoms with Gasteiger partial charge in [0, 0.05) is 37.9 Å². The van der Waals surface area contributed by atoms with E-state index in [0.717, 1.165) is 48.2 Å². The van der Waals surface area contributed by atoms with Crippen molar-refractivity contribution in [2.45, 2.75) is 30.5 Å². The van der Waals surface area contributed by atoms with E-state index < -0.39 is 0 Å². The van der Waals surface area contributed by atoms with Crippen molar-refractivity contribution in [3.05, 3.63) is 77.6 Å². The second kappa shape index (κ2) is 9.24. The molecule has 1 aliphatic rings. The zero-order chi connectivity index (χ0) is 21.0. The Kier molecular flexibility index (Phi) is 6.04. The van der Waals surface area contributed by atoms with Crippen LogP contribution in [0.4, 0.5) is 0 Å². The van der Waals surface area contributed by atoms with Gasteiger partial charge >= 0.3 is 0 Å². The van der Waals surface area contributed by atoms with Gasteiger partial charge in [-0.1, -0.05) is 54.2 Å². The quantitative estimate of drug-likeness (QED) is 0.388. The molecule has 0 spiro atoms. The standard InChI is InChI=1S/C24H24N4OS2/c29-22(17-30-24-25-12-14-28(24)15-18-7-2-1-3-8-18)27-13-6-9-19(16-27)23-26-20-10-4-5-11-21(20)31-23/h1-5,7-8,10-12,14,19H,6,9,13,15-17H2/t19-/m1/s1. The molecule has 0 N–H and O–H groups in total. The molecule has 4 aromatic rings. The van der Waals surface area contributed by atoms with Crippen LogP contribution in [0.15, 0.2) is 72.1 Å². The van der Waals surface area contributed by atoms with E-state index in [0.29, 0.717) is 11.7 Å². The summed E-state index contributed by atoms with van der Waals surface area (Å²) in [7, 11) is 0. The molecule has 3 heterocycles. The first kappa shape index (κ1) is 20.3. The number of thioether (sulfide) groups is 1. The zero-order valence-electron chi connectivity index (χ0n) is 17.2. The lowest BCUT2D eigenvalue weighted by Gasteiger charge is -2.31. The van der Waals surface area contributed by atoms with Gasteiger partial charge in [-0.15, -0.1) is 11.3 Å². The number of piperidine rings is 1. The molecular formula is C24H24N4OS2. The number of imidazole rings is 1. The van der Waals surface area contributed by atoms with Gasteiger partial charge in [-0.05, 0) is 30.5 Å². The Morgan fingerprint density at radius 3 is 2.84 bits per heavy atom. The molecule has 0 unspecified atom stereocenters. The first-order chi connectivity index (χ1) is 15.3. The molecular weight excluding hydrogens is 424 g/mol. The van der Waals surface area contributed by atoms with Gasteiger partial charge in [0.2, 0.25) is 5.91 Å². The summed E-state index contributed by atoms with van der Waals surface area (Å²) in [6.07, 6.45) is 5.90. The van der Waals surface area contributed by atoms with Crippen molar-refractivity contribution in [3.8, 4) is 0 Å². The number of hydrogen-bond acceptors (Lipinski definition) is 5. The highest BCUT2D eigenvalue weighted by Crippen LogP contribution is 2.33. The number of likely N-dealkylation sites (tertiary alicyclic amines) is 1. The van der Waals surface area contributed by atoms with Crippen LogP contribution in [0.5, 0.6) is 0 Å². The fourth-order valence-corrected chi connectivity index (χ4v) is 5.98. The maximum Gasteiger partial charge on any atom is 0.233 e. The van der Waals surface area contributed by atoms with Crippen molar-refractivity contribution in [2.24, 2.45) is 0 Å². The van der Waals surface area contributed by atoms with Crippen LogP contribution in [0, 0.1) is 0 Å². The van der Waals surface area contributed by atoms with Crippen LogP contribution >= 0.6 is 23.1 Å². The Bertz CT molecular complexity index is 1140. The maximum atomic E-state index is 13.0. The number of hydrogen-bond donors (Lipinski definition) is 0. The van der Waals surface area contributed by atoms with Gasteiger partial charge < -0.3 is 9.47 Å². The lowest BCUT2D eigenvalue weighted by atomic mass is 9.99. The molecule has 0 aliphatic carbocycles. The fraction of sp³-hybridized carbons (Fsp3) is 0.292. The van der Waals surface area contributed by atoms with Gasteiger partial charge in [0.15, 0.2) is 5.16 Å². The first-order valence-corrected chi connectivity index (χ1v) is 12.4. The summed E-state index contributed by atoms with van der Waals surface area (Å²) in [6.45, 7) is 2.36. The van der Waals surface area contributed by atoms with Crippen LogP contribution in [-0.2, 0) is 11.3 Å². The molecule has 5 rings (SSSR count). The maximum absolute atomic E-state index is 13.0. The van der Waals surface area contributed by atoms with Gasteiger partial charge in [-0.25, -0.2) is 9.97 Å². The summed E-state index contributed by atoms with van der Waals surface area (Å²) in [5, 5.41) is 2.04. The van der Waals surface area contributed by atoms with E-state index in [-0.39, 0.29) is 5.91 Å². The average molecular weight is 449 g/mol. The van der Waals surface area contributed by atoms with Gasteiger partial charge in [0.25, 0.3) is 0 Å². The summed E-state index contributed by atoms with van der Waals surface area (Å²) < 4.78 is 3.33. The highest BCUT2D eigenvalue weighted by Gasteiger charge is 2.27. The van der Waals surface area contributed by atoms with E-state index in [2.05, 4.69) is 39.9 Å². The molecule has 1 saturated heterocycles. The summed E-state index contributed by atoms with van der Waals surface area (Å²) in [5.74, 6) is 0.934. The molecule has 0 saturated carbocycles. The number of rotatable bonds is 6. The number of amides is 1. The molecule has 7 heteroatoms. The van der Waals surface area contributed by atoms with Crippen LogP contribution in [0.2, 0.25) is 0 Å². The van der Waals surface area contributed by atoms with E-state index in [1.54, 1.807) is 17.5 Å². The van der Waals surface area contributed by atoms with Crippen LogP contribution in [0.1, 0.15) is 29.3 Å². The average Bonchev–Trinajstić information content (AvgIpc) is 3.45. The smallest absolute Gasteiger partial charge is 0.233 e. The molecule has 2 aromatic heterocycles. The van der Waals surface area contributed by atoms with E-state index in [1.165, 1.54) is 22.0 Å². The number of thiazole rings is 1. The van der Waals surface area contributed by atoms with Gasteiger partial charge in [-0.2, -0.15) is 0 Å². The third-order valence-electron chi connectivity index (χ3n) is 5.63. The third kappa shape index (κ3) is 4.67. The van der Waals surface area contributed by atoms with E-state index >= 15 is 0 Å². The van der Waals surface area contributed by atoms with E-state index in [9.17, 15) is 4.79 Å². The highest BCUT2D eigenvalue weighted by atomic mass is 32.2. The molecule has 1 amide bonds. The van der Waals surface area contributed by atoms with Crippen LogP contribution in [-0.4, -0.2) is 44.2 Å². The van der Waals surface area contributed by atoms with Crippen molar-refractivity contribution in [1.82, 2.24) is 19.4 Å². The summed E-state index contributed by atoms with van der Waals surface area (Å²) in [5.41, 5.74) is 2.29. The third-order valence-corrected chi connectivity index (χ3v) is 7.82. The minimum absolute atomic E-state index is 0.185. The fourth-order valence-electron chi connectivity index (χ4n) is 4.02. The highest BCUT2D eigenvalue weighted by molar-refractivity contribution is 7.99. The number of fused-ring (bicyclic) bond motifs is 1. The number of benzene rings is 2. The summed E-state index contributed by atoms with van der Waals surface area (Å²) in [4.78, 5) is 24.3. The number of carbonyl (C=O) groups excluding carboxylic acids is 1. The molecule has 0 radical (unpaired) electrons. The number of carbonyl (C=O) groups is 1. The molecule has 31 heavy (non-hydrogen) atoms. The van der Waals surface area contributed by atoms with Crippen molar-refractivity contribution < 1.29 is 4.79 Å². The zero-order valence-corrected chi connectivity index (χ0v) is 18.8. The minimum atomic E-state index is 0.185. The number of aromatic nitrogens is 3. The number of nitrogens with zero attached hydrogens (tertiary/aromatic N) is 4. The molecule has 158 valence electrons. The lowest BCUT2D eigenvalue weighted by molar-refractivity contribution is -0.129. The normalized spacial score (nSPS) is 16.6. The summed E-state index contributed by atoms with van der Waals surface area (Å²) in [6, 6.07) is 18.6. The van der Waals surface area contributed by atoms with Crippen LogP contribution in [0.3, 0.4) is 0 Å². The topological polar surface area (TPSA) is 51.0 Å². The molecule has 1 atom stereocenters. The molecule has 0 bridgehead atoms. The van der Waals surface area contributed by atoms with Gasteiger partial charge in [0.1, 0.15) is 0 Å². The first-order valence-electron chi connectivity index (χ1n) is 10.6. The lowest BCUT2D eigenvalue weighted by Crippen LogP contribution is -2.40. The Balaban J connectivity index is 1.20. The molecule has 5 nitrogen and oxygen atoms in total. The predicted octanol–water partition coefficient (Wildman–Crippen LogP) is 5.04. The Morgan fingerprint density at radius 2 is 1.97 bits per heavy atom. The monoisotopic (exact) mass is 448 g/mol.